The lowest BCUT2D eigenvalue weighted by Crippen LogP contribution is -2.03. The number of nitrogens with zero attached hydrogens (tertiary/aromatic N) is 2. The van der Waals surface area contributed by atoms with Gasteiger partial charge < -0.3 is 4.57 Å². The number of hydrogen-bond donors (Lipinski definition) is 0. The summed E-state index contributed by atoms with van der Waals surface area (Å²) in [5.41, 5.74) is 0. The molecular weight excluding hydrogens is 288 g/mol. The smallest absolute Gasteiger partial charge is 0.0951 e. The minimum Gasteiger partial charge on any atom is -0.331 e. The van der Waals surface area contributed by atoms with Crippen molar-refractivity contribution in [3.05, 3.63) is 31.4 Å². The Kier molecular flexibility index (Phi) is 11.2. The molecule has 104 valence electrons. The molecule has 0 saturated heterocycles. The molecule has 0 aliphatic rings. The second-order valence-electron chi connectivity index (χ2n) is 4.72. The van der Waals surface area contributed by atoms with Gasteiger partial charge in [-0.05, 0) is 6.42 Å². The van der Waals surface area contributed by atoms with E-state index in [0.29, 0.717) is 6.04 Å². The molecule has 0 N–H and O–H groups in total. The van der Waals surface area contributed by atoms with Crippen molar-refractivity contribution in [2.75, 3.05) is 0 Å². The molecule has 18 heavy (non-hydrogen) atoms. The first-order chi connectivity index (χ1) is 8.38. The van der Waals surface area contributed by atoms with Crippen LogP contribution in [0.25, 0.3) is 0 Å². The van der Waals surface area contributed by atoms with Crippen molar-refractivity contribution >= 4 is 17.0 Å². The number of rotatable bonds is 10. The molecule has 0 aliphatic carbocycles. The highest BCUT2D eigenvalue weighted by molar-refractivity contribution is 8.93. The summed E-state index contributed by atoms with van der Waals surface area (Å²) in [5.74, 6) is 0. The van der Waals surface area contributed by atoms with Gasteiger partial charge in [-0.2, -0.15) is 0 Å². The van der Waals surface area contributed by atoms with Crippen LogP contribution in [0.2, 0.25) is 0 Å². The summed E-state index contributed by atoms with van der Waals surface area (Å²) in [6, 6.07) is 0.424. The van der Waals surface area contributed by atoms with Gasteiger partial charge in [-0.15, -0.1) is 23.6 Å². The second-order valence-corrected chi connectivity index (χ2v) is 4.72. The summed E-state index contributed by atoms with van der Waals surface area (Å²) in [6.45, 7) is 6.17. The van der Waals surface area contributed by atoms with E-state index >= 15 is 0 Å². The van der Waals surface area contributed by atoms with Crippen molar-refractivity contribution in [1.29, 1.82) is 0 Å². The molecule has 0 aromatic carbocycles. The van der Waals surface area contributed by atoms with Gasteiger partial charge in [-0.25, -0.2) is 4.98 Å². The molecule has 2 nitrogen and oxygen atoms in total. The molecule has 0 bridgehead atoms. The Morgan fingerprint density at radius 1 is 1.17 bits per heavy atom. The highest BCUT2D eigenvalue weighted by atomic mass is 79.9. The number of unbranched alkanes of at least 4 members (excludes halogenated alkanes) is 6. The van der Waals surface area contributed by atoms with E-state index in [2.05, 4.69) is 23.1 Å². The fourth-order valence-electron chi connectivity index (χ4n) is 2.16. The first kappa shape index (κ1) is 17.4. The van der Waals surface area contributed by atoms with E-state index < -0.39 is 0 Å². The topological polar surface area (TPSA) is 17.8 Å². The highest BCUT2D eigenvalue weighted by Crippen LogP contribution is 2.17. The number of halogens is 1. The maximum atomic E-state index is 4.08. The van der Waals surface area contributed by atoms with Crippen LogP contribution in [0, 0.1) is 0 Å². The Hall–Kier alpha value is -0.570. The van der Waals surface area contributed by atoms with Crippen LogP contribution < -0.4 is 0 Å². The Labute approximate surface area is 122 Å². The zero-order valence-electron chi connectivity index (χ0n) is 11.6. The highest BCUT2D eigenvalue weighted by Gasteiger charge is 2.04. The average molecular weight is 315 g/mol. The van der Waals surface area contributed by atoms with Gasteiger partial charge in [0.15, 0.2) is 0 Å². The van der Waals surface area contributed by atoms with Crippen LogP contribution in [0.4, 0.5) is 0 Å². The van der Waals surface area contributed by atoms with Crippen LogP contribution >= 0.6 is 17.0 Å². The summed E-state index contributed by atoms with van der Waals surface area (Å²) in [5, 5.41) is 0. The Bertz CT molecular complexity index is 283. The fraction of sp³-hybridized carbons (Fsp3) is 0.667. The van der Waals surface area contributed by atoms with E-state index in [4.69, 9.17) is 0 Å². The lowest BCUT2D eigenvalue weighted by atomic mass is 10.1. The first-order valence-corrected chi connectivity index (χ1v) is 6.98. The predicted molar refractivity (Wildman–Crippen MR) is 84.4 cm³/mol. The molecule has 0 spiro atoms. The Morgan fingerprint density at radius 3 is 2.39 bits per heavy atom. The maximum Gasteiger partial charge on any atom is 0.0951 e. The third kappa shape index (κ3) is 7.00. The van der Waals surface area contributed by atoms with Gasteiger partial charge in [-0.1, -0.05) is 57.9 Å². The van der Waals surface area contributed by atoms with Crippen LogP contribution in [0.1, 0.15) is 64.3 Å². The normalized spacial score (nSPS) is 11.8. The van der Waals surface area contributed by atoms with Crippen molar-refractivity contribution in [3.8, 4) is 0 Å². The van der Waals surface area contributed by atoms with Crippen molar-refractivity contribution in [3.63, 3.8) is 0 Å². The van der Waals surface area contributed by atoms with Gasteiger partial charge in [0, 0.05) is 12.4 Å². The molecule has 1 aromatic heterocycles. The van der Waals surface area contributed by atoms with E-state index in [9.17, 15) is 0 Å². The summed E-state index contributed by atoms with van der Waals surface area (Å²) < 4.78 is 2.14. The van der Waals surface area contributed by atoms with Gasteiger partial charge in [0.05, 0.1) is 12.4 Å². The van der Waals surface area contributed by atoms with E-state index in [1.807, 2.05) is 24.8 Å². The molecule has 0 fully saturated rings. The molecule has 3 heteroatoms. The quantitative estimate of drug-likeness (QED) is 0.421. The molecule has 0 radical (unpaired) electrons. The summed E-state index contributed by atoms with van der Waals surface area (Å²) in [4.78, 5) is 4.08. The second kappa shape index (κ2) is 11.5. The zero-order chi connectivity index (χ0) is 12.3. The molecule has 0 saturated carbocycles. The lowest BCUT2D eigenvalue weighted by Gasteiger charge is -2.13. The van der Waals surface area contributed by atoms with E-state index in [1.54, 1.807) is 0 Å². The van der Waals surface area contributed by atoms with Gasteiger partial charge in [-0.3, -0.25) is 0 Å². The molecule has 1 unspecified atom stereocenters. The molecule has 1 heterocycles. The summed E-state index contributed by atoms with van der Waals surface area (Å²) in [6.07, 6.45) is 18.5. The van der Waals surface area contributed by atoms with Crippen molar-refractivity contribution in [2.45, 2.75) is 64.3 Å². The van der Waals surface area contributed by atoms with Crippen LogP contribution in [0.15, 0.2) is 31.4 Å². The number of hydrogen-bond acceptors (Lipinski definition) is 1. The van der Waals surface area contributed by atoms with Crippen LogP contribution in [0.5, 0.6) is 0 Å². The standard InChI is InChI=1S/C15H26N2.BrH/c1-3-5-6-7-8-9-10-11-15(4-2)17-13-12-16-14-17;/h4,12-15H,2-3,5-11H2,1H3;1H. The average Bonchev–Trinajstić information content (AvgIpc) is 2.86. The monoisotopic (exact) mass is 314 g/mol. The van der Waals surface area contributed by atoms with E-state index in [1.165, 1.54) is 51.4 Å². The third-order valence-corrected chi connectivity index (χ3v) is 3.28. The molecule has 0 amide bonds. The van der Waals surface area contributed by atoms with Gasteiger partial charge in [0.2, 0.25) is 0 Å². The Morgan fingerprint density at radius 2 is 1.83 bits per heavy atom. The number of allylic oxidation sites excluding steroid dienone is 1. The summed E-state index contributed by atoms with van der Waals surface area (Å²) >= 11 is 0. The molecule has 1 aromatic rings. The maximum absolute atomic E-state index is 4.08. The Balaban J connectivity index is 0.00000289. The van der Waals surface area contributed by atoms with Gasteiger partial charge >= 0.3 is 0 Å². The first-order valence-electron chi connectivity index (χ1n) is 6.98. The van der Waals surface area contributed by atoms with Crippen molar-refractivity contribution in [2.24, 2.45) is 0 Å². The minimum absolute atomic E-state index is 0. The molecule has 1 rings (SSSR count). The van der Waals surface area contributed by atoms with E-state index in [-0.39, 0.29) is 17.0 Å². The summed E-state index contributed by atoms with van der Waals surface area (Å²) in [7, 11) is 0. The lowest BCUT2D eigenvalue weighted by molar-refractivity contribution is 0.501. The third-order valence-electron chi connectivity index (χ3n) is 3.28. The van der Waals surface area contributed by atoms with Crippen LogP contribution in [-0.2, 0) is 0 Å². The minimum atomic E-state index is 0. The molecular formula is C15H27BrN2. The van der Waals surface area contributed by atoms with Crippen molar-refractivity contribution < 1.29 is 0 Å². The van der Waals surface area contributed by atoms with Gasteiger partial charge in [0.25, 0.3) is 0 Å². The SMILES string of the molecule is Br.C=CC(CCCCCCCCC)n1ccnc1. The molecule has 0 aliphatic heterocycles. The van der Waals surface area contributed by atoms with Crippen LogP contribution in [-0.4, -0.2) is 9.55 Å². The fourth-order valence-corrected chi connectivity index (χ4v) is 2.16. The largest absolute Gasteiger partial charge is 0.331 e. The van der Waals surface area contributed by atoms with Gasteiger partial charge in [0.1, 0.15) is 0 Å². The zero-order valence-corrected chi connectivity index (χ0v) is 13.3. The number of imidazole rings is 1. The van der Waals surface area contributed by atoms with Crippen molar-refractivity contribution in [1.82, 2.24) is 9.55 Å². The van der Waals surface area contributed by atoms with E-state index in [0.717, 1.165) is 0 Å². The van der Waals surface area contributed by atoms with Crippen LogP contribution in [0.3, 0.4) is 0 Å². The molecule has 1 atom stereocenters. The predicted octanol–water partition coefficient (Wildman–Crippen LogP) is 5.33. The number of aromatic nitrogens is 2.